The van der Waals surface area contributed by atoms with Crippen molar-refractivity contribution >= 4 is 35.5 Å². The van der Waals surface area contributed by atoms with Gasteiger partial charge < -0.3 is 4.74 Å². The van der Waals surface area contributed by atoms with E-state index in [9.17, 15) is 43.2 Å². The molecule has 1 atom stereocenters. The summed E-state index contributed by atoms with van der Waals surface area (Å²) in [5, 5.41) is 0. The lowest BCUT2D eigenvalue weighted by atomic mass is 10.3. The molecular weight excluding hydrogens is 413 g/mol. The molecule has 0 heterocycles. The highest BCUT2D eigenvalue weighted by molar-refractivity contribution is 8.24. The Balaban J connectivity index is 5.25. The summed E-state index contributed by atoms with van der Waals surface area (Å²) in [5.41, 5.74) is -5.98. The van der Waals surface area contributed by atoms with Gasteiger partial charge in [0.05, 0.1) is 12.4 Å². The summed E-state index contributed by atoms with van der Waals surface area (Å²) in [6, 6.07) is 0. The molecule has 14 heteroatoms. The van der Waals surface area contributed by atoms with E-state index in [0.717, 1.165) is 0 Å². The number of hydrogen-bond acceptors (Lipinski definition) is 8. The Hall–Kier alpha value is -1.15. The number of sulfone groups is 3. The van der Waals surface area contributed by atoms with Gasteiger partial charge in [0.2, 0.25) is 0 Å². The van der Waals surface area contributed by atoms with E-state index in [1.54, 1.807) is 0 Å². The average molecular weight is 430 g/mol. The third-order valence-corrected chi connectivity index (χ3v) is 11.3. The van der Waals surface area contributed by atoms with Crippen molar-refractivity contribution in [3.63, 3.8) is 0 Å². The molecule has 0 saturated carbocycles. The zero-order chi connectivity index (χ0) is 20.3. The molecule has 0 amide bonds. The Bertz CT molecular complexity index is 822. The topological polar surface area (TPSA) is 129 Å². The highest BCUT2D eigenvalue weighted by Crippen LogP contribution is 2.32. The maximum atomic E-state index is 12.6. The molecule has 1 unspecified atom stereocenters. The van der Waals surface area contributed by atoms with Crippen molar-refractivity contribution in [3.05, 3.63) is 12.2 Å². The van der Waals surface area contributed by atoms with Crippen molar-refractivity contribution < 1.29 is 48.0 Å². The molecule has 0 aliphatic rings. The standard InChI is InChI=1S/C11H17F3O8S3/c1-8(2)9(15)22-6-4-5-7-24(18,19)10(23(3,16)17)25(20,21)11(12,13)14/h10H,1,4-7H2,2-3H3. The van der Waals surface area contributed by atoms with E-state index in [-0.39, 0.29) is 24.9 Å². The van der Waals surface area contributed by atoms with Crippen LogP contribution in [0.4, 0.5) is 13.2 Å². The first-order valence-electron chi connectivity index (χ1n) is 6.48. The third kappa shape index (κ3) is 6.58. The number of rotatable bonds is 9. The summed E-state index contributed by atoms with van der Waals surface area (Å²) < 4.78 is 108. The minimum absolute atomic E-state index is 0.0704. The number of unbranched alkanes of at least 4 members (excludes halogenated alkanes) is 1. The van der Waals surface area contributed by atoms with E-state index in [2.05, 4.69) is 11.3 Å². The Morgan fingerprint density at radius 2 is 1.56 bits per heavy atom. The van der Waals surface area contributed by atoms with Crippen LogP contribution in [0.25, 0.3) is 0 Å². The van der Waals surface area contributed by atoms with Crippen molar-refractivity contribution in [1.29, 1.82) is 0 Å². The molecule has 148 valence electrons. The Morgan fingerprint density at radius 3 is 1.92 bits per heavy atom. The molecular formula is C11H17F3O8S3. The van der Waals surface area contributed by atoms with Gasteiger partial charge in [0.15, 0.2) is 19.7 Å². The highest BCUT2D eigenvalue weighted by Gasteiger charge is 2.59. The second-order valence-corrected chi connectivity index (χ2v) is 12.4. The van der Waals surface area contributed by atoms with Crippen LogP contribution in [-0.2, 0) is 39.0 Å². The lowest BCUT2D eigenvalue weighted by Gasteiger charge is -2.18. The van der Waals surface area contributed by atoms with E-state index >= 15 is 0 Å². The van der Waals surface area contributed by atoms with Crippen LogP contribution in [0.3, 0.4) is 0 Å². The maximum absolute atomic E-state index is 12.6. The molecule has 0 rings (SSSR count). The predicted octanol–water partition coefficient (Wildman–Crippen LogP) is 0.564. The van der Waals surface area contributed by atoms with Gasteiger partial charge in [0.1, 0.15) is 0 Å². The first kappa shape index (κ1) is 23.9. The number of ether oxygens (including phenoxy) is 1. The fourth-order valence-corrected chi connectivity index (χ4v) is 9.35. The predicted molar refractivity (Wildman–Crippen MR) is 82.4 cm³/mol. The lowest BCUT2D eigenvalue weighted by molar-refractivity contribution is -0.139. The van der Waals surface area contributed by atoms with Crippen molar-refractivity contribution in [2.24, 2.45) is 0 Å². The molecule has 0 fully saturated rings. The van der Waals surface area contributed by atoms with Crippen LogP contribution in [-0.4, -0.2) is 59.3 Å². The lowest BCUT2D eigenvalue weighted by Crippen LogP contribution is -2.45. The van der Waals surface area contributed by atoms with Crippen molar-refractivity contribution in [1.82, 2.24) is 0 Å². The van der Waals surface area contributed by atoms with Crippen LogP contribution >= 0.6 is 0 Å². The second kappa shape index (κ2) is 8.03. The summed E-state index contributed by atoms with van der Waals surface area (Å²) in [7, 11) is -16.8. The number of halogens is 3. The van der Waals surface area contributed by atoms with Crippen molar-refractivity contribution in [3.8, 4) is 0 Å². The van der Waals surface area contributed by atoms with Crippen LogP contribution in [0, 0.1) is 0 Å². The molecule has 0 spiro atoms. The van der Waals surface area contributed by atoms with Gasteiger partial charge in [-0.1, -0.05) is 6.58 Å². The quantitative estimate of drug-likeness (QED) is 0.295. The fraction of sp³-hybridized carbons (Fsp3) is 0.727. The Morgan fingerprint density at radius 1 is 1.08 bits per heavy atom. The molecule has 0 bridgehead atoms. The molecule has 0 aliphatic heterocycles. The summed E-state index contributed by atoms with van der Waals surface area (Å²) in [4.78, 5) is 11.1. The van der Waals surface area contributed by atoms with Gasteiger partial charge in [-0.3, -0.25) is 0 Å². The molecule has 0 aromatic rings. The normalized spacial score (nSPS) is 14.8. The highest BCUT2D eigenvalue weighted by atomic mass is 32.3. The minimum atomic E-state index is -6.49. The van der Waals surface area contributed by atoms with Crippen molar-refractivity contribution in [2.45, 2.75) is 29.2 Å². The molecule has 0 radical (unpaired) electrons. The van der Waals surface area contributed by atoms with Crippen molar-refractivity contribution in [2.75, 3.05) is 18.6 Å². The zero-order valence-electron chi connectivity index (χ0n) is 13.2. The average Bonchev–Trinajstić information content (AvgIpc) is 2.33. The number of esters is 1. The molecule has 0 saturated heterocycles. The van der Waals surface area contributed by atoms with Crippen LogP contribution in [0.1, 0.15) is 19.8 Å². The second-order valence-electron chi connectivity index (χ2n) is 5.10. The maximum Gasteiger partial charge on any atom is 0.499 e. The van der Waals surface area contributed by atoms with E-state index in [0.29, 0.717) is 0 Å². The first-order chi connectivity index (χ1) is 10.9. The molecule has 0 aromatic heterocycles. The Labute approximate surface area is 143 Å². The van der Waals surface area contributed by atoms with Gasteiger partial charge in [-0.2, -0.15) is 13.2 Å². The van der Waals surface area contributed by atoms with E-state index in [1.165, 1.54) is 6.92 Å². The first-order valence-corrected chi connectivity index (χ1v) is 11.7. The van der Waals surface area contributed by atoms with Gasteiger partial charge in [-0.25, -0.2) is 30.0 Å². The molecule has 25 heavy (non-hydrogen) atoms. The van der Waals surface area contributed by atoms with Crippen LogP contribution in [0.5, 0.6) is 0 Å². The summed E-state index contributed by atoms with van der Waals surface area (Å²) in [6.45, 7) is 4.34. The fourth-order valence-electron chi connectivity index (χ4n) is 1.59. The molecule has 0 N–H and O–H groups in total. The van der Waals surface area contributed by atoms with Crippen LogP contribution in [0.2, 0.25) is 0 Å². The Kier molecular flexibility index (Phi) is 7.66. The molecule has 8 nitrogen and oxygen atoms in total. The van der Waals surface area contributed by atoms with Gasteiger partial charge in [-0.05, 0) is 19.8 Å². The zero-order valence-corrected chi connectivity index (χ0v) is 15.7. The summed E-state index contributed by atoms with van der Waals surface area (Å²) in [5.74, 6) is -1.92. The summed E-state index contributed by atoms with van der Waals surface area (Å²) in [6.07, 6.45) is -0.459. The molecule has 0 aliphatic carbocycles. The minimum Gasteiger partial charge on any atom is -0.462 e. The number of carbonyl (C=O) groups is 1. The van der Waals surface area contributed by atoms with E-state index < -0.39 is 57.1 Å². The monoisotopic (exact) mass is 430 g/mol. The van der Waals surface area contributed by atoms with Gasteiger partial charge in [0, 0.05) is 11.8 Å². The number of alkyl halides is 3. The SMILES string of the molecule is C=C(C)C(=O)OCCCCS(=O)(=O)C(S(C)(=O)=O)S(=O)(=O)C(F)(F)F. The van der Waals surface area contributed by atoms with Gasteiger partial charge in [-0.15, -0.1) is 0 Å². The van der Waals surface area contributed by atoms with Crippen LogP contribution < -0.4 is 0 Å². The van der Waals surface area contributed by atoms with Gasteiger partial charge >= 0.3 is 11.5 Å². The largest absolute Gasteiger partial charge is 0.499 e. The number of hydrogen-bond donors (Lipinski definition) is 0. The molecule has 0 aromatic carbocycles. The van der Waals surface area contributed by atoms with E-state index in [1.807, 2.05) is 0 Å². The smallest absolute Gasteiger partial charge is 0.462 e. The summed E-state index contributed by atoms with van der Waals surface area (Å²) >= 11 is 0. The van der Waals surface area contributed by atoms with Gasteiger partial charge in [0.25, 0.3) is 13.8 Å². The van der Waals surface area contributed by atoms with Crippen LogP contribution in [0.15, 0.2) is 12.2 Å². The number of carbonyl (C=O) groups excluding carboxylic acids is 1. The third-order valence-electron chi connectivity index (χ3n) is 2.62. The van der Waals surface area contributed by atoms with E-state index in [4.69, 9.17) is 0 Å².